The minimum absolute atomic E-state index is 0.331. The van der Waals surface area contributed by atoms with Crippen molar-refractivity contribution >= 4 is 29.0 Å². The Balaban J connectivity index is 1.62. The summed E-state index contributed by atoms with van der Waals surface area (Å²) in [5.41, 5.74) is 2.13. The van der Waals surface area contributed by atoms with Crippen LogP contribution >= 0.6 is 11.8 Å². The van der Waals surface area contributed by atoms with Crippen molar-refractivity contribution in [1.82, 2.24) is 5.32 Å². The number of carbonyl (C=O) groups is 2. The summed E-state index contributed by atoms with van der Waals surface area (Å²) in [4.78, 5) is 23.1. The third kappa shape index (κ3) is 4.51. The zero-order valence-corrected chi connectivity index (χ0v) is 14.7. The Kier molecular flexibility index (Phi) is 5.56. The maximum atomic E-state index is 11.6. The summed E-state index contributed by atoms with van der Waals surface area (Å²) >= 11 is 0.918. The first-order valence-corrected chi connectivity index (χ1v) is 9.00. The third-order valence-corrected chi connectivity index (χ3v) is 4.85. The predicted molar refractivity (Wildman–Crippen MR) is 101 cm³/mol. The molecule has 0 spiro atoms. The number of amides is 2. The fraction of sp³-hybridized carbons (Fsp3) is 0.200. The molecule has 1 aliphatic heterocycles. The number of benzene rings is 2. The Bertz CT molecular complexity index is 784. The Morgan fingerprint density at radius 1 is 1.08 bits per heavy atom. The standard InChI is InChI=1S/C20H19NO3S/c1-2-15(16-6-4-3-5-7-16)13-24-17-10-8-14(9-11-17)12-18-19(22)21-20(23)25-18/h3-12,15H,2,13H2,1H3,(H,21,22,23)/b18-12+. The van der Waals surface area contributed by atoms with Crippen molar-refractivity contribution in [2.24, 2.45) is 0 Å². The molecular formula is C20H19NO3S. The van der Waals surface area contributed by atoms with Crippen LogP contribution in [0.5, 0.6) is 5.75 Å². The van der Waals surface area contributed by atoms with E-state index < -0.39 is 0 Å². The Morgan fingerprint density at radius 3 is 2.40 bits per heavy atom. The number of rotatable bonds is 6. The number of hydrogen-bond donors (Lipinski definition) is 1. The Morgan fingerprint density at radius 2 is 1.80 bits per heavy atom. The molecule has 3 rings (SSSR count). The monoisotopic (exact) mass is 353 g/mol. The van der Waals surface area contributed by atoms with Crippen LogP contribution in [0.3, 0.4) is 0 Å². The lowest BCUT2D eigenvalue weighted by Crippen LogP contribution is -2.17. The zero-order valence-electron chi connectivity index (χ0n) is 13.9. The van der Waals surface area contributed by atoms with Crippen LogP contribution in [0.1, 0.15) is 30.4 Å². The molecule has 0 aliphatic carbocycles. The van der Waals surface area contributed by atoms with Crippen LogP contribution in [0.25, 0.3) is 6.08 Å². The van der Waals surface area contributed by atoms with Crippen molar-refractivity contribution < 1.29 is 14.3 Å². The SMILES string of the molecule is CCC(COc1ccc(/C=C2/SC(=O)NC2=O)cc1)c1ccccc1. The van der Waals surface area contributed by atoms with Gasteiger partial charge in [0.1, 0.15) is 5.75 Å². The van der Waals surface area contributed by atoms with E-state index in [9.17, 15) is 9.59 Å². The van der Waals surface area contributed by atoms with E-state index in [1.165, 1.54) is 5.56 Å². The third-order valence-electron chi connectivity index (χ3n) is 4.03. The average molecular weight is 353 g/mol. The molecule has 1 fully saturated rings. The number of imide groups is 1. The zero-order chi connectivity index (χ0) is 17.6. The molecule has 1 aliphatic rings. The van der Waals surface area contributed by atoms with Crippen LogP contribution in [0, 0.1) is 0 Å². The summed E-state index contributed by atoms with van der Waals surface area (Å²) in [7, 11) is 0. The molecule has 0 saturated carbocycles. The van der Waals surface area contributed by atoms with Gasteiger partial charge in [0.05, 0.1) is 11.5 Å². The van der Waals surface area contributed by atoms with Gasteiger partial charge in [0, 0.05) is 5.92 Å². The highest BCUT2D eigenvalue weighted by atomic mass is 32.2. The van der Waals surface area contributed by atoms with Crippen LogP contribution in [0.4, 0.5) is 4.79 Å². The van der Waals surface area contributed by atoms with E-state index in [2.05, 4.69) is 24.4 Å². The highest BCUT2D eigenvalue weighted by molar-refractivity contribution is 8.18. The summed E-state index contributed by atoms with van der Waals surface area (Å²) < 4.78 is 5.92. The van der Waals surface area contributed by atoms with Gasteiger partial charge in [-0.25, -0.2) is 0 Å². The number of carbonyl (C=O) groups excluding carboxylic acids is 2. The largest absolute Gasteiger partial charge is 0.493 e. The van der Waals surface area contributed by atoms with Crippen molar-refractivity contribution in [2.45, 2.75) is 19.3 Å². The van der Waals surface area contributed by atoms with E-state index in [-0.39, 0.29) is 11.1 Å². The molecule has 0 bridgehead atoms. The molecular weight excluding hydrogens is 334 g/mol. The Labute approximate surface area is 151 Å². The smallest absolute Gasteiger partial charge is 0.290 e. The van der Waals surface area contributed by atoms with Gasteiger partial charge in [-0.05, 0) is 47.5 Å². The van der Waals surface area contributed by atoms with Gasteiger partial charge >= 0.3 is 0 Å². The molecule has 2 aromatic carbocycles. The summed E-state index contributed by atoms with van der Waals surface area (Å²) in [6.45, 7) is 2.77. The topological polar surface area (TPSA) is 55.4 Å². The molecule has 4 nitrogen and oxygen atoms in total. The first-order chi connectivity index (χ1) is 12.2. The molecule has 0 radical (unpaired) electrons. The maximum absolute atomic E-state index is 11.6. The first kappa shape index (κ1) is 17.3. The van der Waals surface area contributed by atoms with E-state index in [0.717, 1.165) is 29.5 Å². The maximum Gasteiger partial charge on any atom is 0.290 e. The van der Waals surface area contributed by atoms with Crippen molar-refractivity contribution in [3.8, 4) is 5.75 Å². The highest BCUT2D eigenvalue weighted by Crippen LogP contribution is 2.26. The van der Waals surface area contributed by atoms with Crippen molar-refractivity contribution in [3.05, 3.63) is 70.6 Å². The van der Waals surface area contributed by atoms with Gasteiger partial charge in [-0.1, -0.05) is 49.4 Å². The quantitative estimate of drug-likeness (QED) is 0.772. The molecule has 1 heterocycles. The fourth-order valence-electron chi connectivity index (χ4n) is 2.60. The first-order valence-electron chi connectivity index (χ1n) is 8.18. The van der Waals surface area contributed by atoms with Gasteiger partial charge in [-0.3, -0.25) is 14.9 Å². The predicted octanol–water partition coefficient (Wildman–Crippen LogP) is 4.58. The molecule has 5 heteroatoms. The molecule has 1 atom stereocenters. The van der Waals surface area contributed by atoms with Crippen molar-refractivity contribution in [2.75, 3.05) is 6.61 Å². The lowest BCUT2D eigenvalue weighted by molar-refractivity contribution is -0.115. The second-order valence-corrected chi connectivity index (χ2v) is 6.76. The second kappa shape index (κ2) is 8.03. The molecule has 1 saturated heterocycles. The molecule has 1 N–H and O–H groups in total. The lowest BCUT2D eigenvalue weighted by atomic mass is 9.97. The van der Waals surface area contributed by atoms with Gasteiger partial charge in [0.2, 0.25) is 0 Å². The second-order valence-electron chi connectivity index (χ2n) is 5.75. The van der Waals surface area contributed by atoms with Gasteiger partial charge in [0.15, 0.2) is 0 Å². The van der Waals surface area contributed by atoms with E-state index in [0.29, 0.717) is 17.4 Å². The van der Waals surface area contributed by atoms with E-state index in [1.54, 1.807) is 6.08 Å². The highest BCUT2D eigenvalue weighted by Gasteiger charge is 2.24. The number of thioether (sulfide) groups is 1. The van der Waals surface area contributed by atoms with Crippen LogP contribution in [0.15, 0.2) is 59.5 Å². The Hall–Kier alpha value is -2.53. The summed E-state index contributed by atoms with van der Waals surface area (Å²) in [6, 6.07) is 17.9. The van der Waals surface area contributed by atoms with Gasteiger partial charge in [-0.15, -0.1) is 0 Å². The van der Waals surface area contributed by atoms with E-state index >= 15 is 0 Å². The molecule has 2 aromatic rings. The van der Waals surface area contributed by atoms with Crippen LogP contribution in [-0.2, 0) is 4.79 Å². The molecule has 0 aromatic heterocycles. The molecule has 25 heavy (non-hydrogen) atoms. The minimum Gasteiger partial charge on any atom is -0.493 e. The van der Waals surface area contributed by atoms with E-state index in [4.69, 9.17) is 4.74 Å². The van der Waals surface area contributed by atoms with Gasteiger partial charge < -0.3 is 4.74 Å². The average Bonchev–Trinajstić information content (AvgIpc) is 2.95. The van der Waals surface area contributed by atoms with E-state index in [1.807, 2.05) is 42.5 Å². The van der Waals surface area contributed by atoms with Crippen LogP contribution < -0.4 is 10.1 Å². The number of hydrogen-bond acceptors (Lipinski definition) is 4. The molecule has 128 valence electrons. The summed E-state index contributed by atoms with van der Waals surface area (Å²) in [5, 5.41) is 1.91. The normalized spacial score (nSPS) is 16.8. The van der Waals surface area contributed by atoms with Crippen molar-refractivity contribution in [3.63, 3.8) is 0 Å². The lowest BCUT2D eigenvalue weighted by Gasteiger charge is -2.16. The summed E-state index contributed by atoms with van der Waals surface area (Å²) in [6.07, 6.45) is 2.71. The van der Waals surface area contributed by atoms with Gasteiger partial charge in [-0.2, -0.15) is 0 Å². The molecule has 1 unspecified atom stereocenters. The summed E-state index contributed by atoms with van der Waals surface area (Å²) in [5.74, 6) is 0.799. The van der Waals surface area contributed by atoms with Crippen molar-refractivity contribution in [1.29, 1.82) is 0 Å². The minimum atomic E-state index is -0.344. The van der Waals surface area contributed by atoms with Crippen LogP contribution in [0.2, 0.25) is 0 Å². The van der Waals surface area contributed by atoms with Crippen LogP contribution in [-0.4, -0.2) is 17.8 Å². The molecule has 2 amide bonds. The number of nitrogens with one attached hydrogen (secondary N) is 1. The fourth-order valence-corrected chi connectivity index (χ4v) is 3.29. The van der Waals surface area contributed by atoms with Gasteiger partial charge in [0.25, 0.3) is 11.1 Å². The number of ether oxygens (including phenoxy) is 1.